The van der Waals surface area contributed by atoms with Gasteiger partial charge in [0.05, 0.1) is 0 Å². The second kappa shape index (κ2) is 10.3. The predicted molar refractivity (Wildman–Crippen MR) is 131 cm³/mol. The number of nitrogens with one attached hydrogen (secondary N) is 1. The maximum atomic E-state index is 13.3. The fraction of sp³-hybridized carbons (Fsp3) is 0.292. The molecule has 1 aliphatic rings. The Morgan fingerprint density at radius 1 is 1.12 bits per heavy atom. The standard InChI is InChI=1S/C24H24N4O3S2/c1-3-20(30)28(19-12-13-19)23-26-27-24(33-23)32-21(16-8-5-4-6-9-16)22(31)25-18-11-7-10-17(14-18)15(2)29/h4-11,14,19,21H,3,12-13H2,1-2H3,(H,25,31)/t21-/m0/s1. The van der Waals surface area contributed by atoms with Crippen LogP contribution in [0.2, 0.25) is 0 Å². The lowest BCUT2D eigenvalue weighted by Crippen LogP contribution is -2.32. The highest BCUT2D eigenvalue weighted by Gasteiger charge is 2.35. The highest BCUT2D eigenvalue weighted by atomic mass is 32.2. The Hall–Kier alpha value is -3.04. The molecule has 1 saturated carbocycles. The third-order valence-electron chi connectivity index (χ3n) is 5.18. The number of nitrogens with zero attached hydrogens (tertiary/aromatic N) is 3. The van der Waals surface area contributed by atoms with Gasteiger partial charge in [-0.3, -0.25) is 19.3 Å². The third kappa shape index (κ3) is 5.66. The molecule has 9 heteroatoms. The molecule has 4 rings (SSSR count). The van der Waals surface area contributed by atoms with Gasteiger partial charge in [0.2, 0.25) is 16.9 Å². The smallest absolute Gasteiger partial charge is 0.242 e. The summed E-state index contributed by atoms with van der Waals surface area (Å²) in [6.07, 6.45) is 2.36. The van der Waals surface area contributed by atoms with E-state index in [1.165, 1.54) is 30.0 Å². The molecule has 1 heterocycles. The van der Waals surface area contributed by atoms with Crippen LogP contribution >= 0.6 is 23.1 Å². The van der Waals surface area contributed by atoms with E-state index in [0.717, 1.165) is 18.4 Å². The summed E-state index contributed by atoms with van der Waals surface area (Å²) in [6.45, 7) is 3.33. The molecular formula is C24H24N4O3S2. The number of Topliss-reactive ketones (excluding diaryl/α,β-unsaturated/α-hetero) is 1. The first kappa shape index (κ1) is 23.1. The summed E-state index contributed by atoms with van der Waals surface area (Å²) >= 11 is 2.62. The van der Waals surface area contributed by atoms with Gasteiger partial charge < -0.3 is 5.32 Å². The Morgan fingerprint density at radius 2 is 1.88 bits per heavy atom. The van der Waals surface area contributed by atoms with Gasteiger partial charge in [-0.2, -0.15) is 0 Å². The van der Waals surface area contributed by atoms with Crippen LogP contribution in [0.15, 0.2) is 58.9 Å². The van der Waals surface area contributed by atoms with Crippen LogP contribution < -0.4 is 10.2 Å². The molecule has 0 aliphatic heterocycles. The molecule has 0 radical (unpaired) electrons. The number of carbonyl (C=O) groups excluding carboxylic acids is 3. The van der Waals surface area contributed by atoms with Crippen molar-refractivity contribution in [3.63, 3.8) is 0 Å². The molecule has 1 aliphatic carbocycles. The molecule has 2 amide bonds. The van der Waals surface area contributed by atoms with Gasteiger partial charge in [0.15, 0.2) is 10.1 Å². The first-order valence-electron chi connectivity index (χ1n) is 10.7. The molecule has 3 aromatic rings. The van der Waals surface area contributed by atoms with E-state index in [1.807, 2.05) is 37.3 Å². The summed E-state index contributed by atoms with van der Waals surface area (Å²) in [5, 5.41) is 11.4. The number of rotatable bonds is 9. The summed E-state index contributed by atoms with van der Waals surface area (Å²) in [5.41, 5.74) is 1.91. The zero-order valence-corrected chi connectivity index (χ0v) is 20.0. The molecule has 0 spiro atoms. The first-order valence-corrected chi connectivity index (χ1v) is 12.4. The number of carbonyl (C=O) groups is 3. The van der Waals surface area contributed by atoms with Gasteiger partial charge in [0, 0.05) is 23.7 Å². The van der Waals surface area contributed by atoms with Crippen LogP contribution in [0, 0.1) is 0 Å². The van der Waals surface area contributed by atoms with Gasteiger partial charge in [0.1, 0.15) is 5.25 Å². The molecule has 1 N–H and O–H groups in total. The van der Waals surface area contributed by atoms with Crippen molar-refractivity contribution in [1.29, 1.82) is 0 Å². The van der Waals surface area contributed by atoms with Crippen molar-refractivity contribution in [2.24, 2.45) is 0 Å². The van der Waals surface area contributed by atoms with E-state index in [1.54, 1.807) is 29.2 Å². The van der Waals surface area contributed by atoms with E-state index in [-0.39, 0.29) is 23.6 Å². The molecular weight excluding hydrogens is 456 g/mol. The molecule has 33 heavy (non-hydrogen) atoms. The van der Waals surface area contributed by atoms with Crippen LogP contribution in [0.5, 0.6) is 0 Å². The highest BCUT2D eigenvalue weighted by Crippen LogP contribution is 2.41. The number of hydrogen-bond donors (Lipinski definition) is 1. The van der Waals surface area contributed by atoms with E-state index < -0.39 is 5.25 Å². The van der Waals surface area contributed by atoms with Gasteiger partial charge >= 0.3 is 0 Å². The van der Waals surface area contributed by atoms with Crippen LogP contribution in [0.3, 0.4) is 0 Å². The zero-order valence-electron chi connectivity index (χ0n) is 18.4. The predicted octanol–water partition coefficient (Wildman–Crippen LogP) is 5.12. The van der Waals surface area contributed by atoms with Gasteiger partial charge in [0.25, 0.3) is 0 Å². The summed E-state index contributed by atoms with van der Waals surface area (Å²) in [6, 6.07) is 16.5. The fourth-order valence-corrected chi connectivity index (χ4v) is 5.46. The maximum absolute atomic E-state index is 13.3. The van der Waals surface area contributed by atoms with Crippen molar-refractivity contribution >= 4 is 51.5 Å². The Morgan fingerprint density at radius 3 is 2.55 bits per heavy atom. The Balaban J connectivity index is 1.57. The molecule has 0 bridgehead atoms. The lowest BCUT2D eigenvalue weighted by Gasteiger charge is -2.17. The maximum Gasteiger partial charge on any atom is 0.242 e. The van der Waals surface area contributed by atoms with Crippen LogP contribution in [0.4, 0.5) is 10.8 Å². The average molecular weight is 481 g/mol. The minimum Gasteiger partial charge on any atom is -0.325 e. The molecule has 7 nitrogen and oxygen atoms in total. The van der Waals surface area contributed by atoms with Crippen LogP contribution in [0.1, 0.15) is 54.3 Å². The molecule has 1 atom stereocenters. The summed E-state index contributed by atoms with van der Waals surface area (Å²) in [5.74, 6) is -0.261. The van der Waals surface area contributed by atoms with Crippen molar-refractivity contribution in [2.45, 2.75) is 48.7 Å². The van der Waals surface area contributed by atoms with Crippen molar-refractivity contribution in [3.8, 4) is 0 Å². The van der Waals surface area contributed by atoms with E-state index in [4.69, 9.17) is 0 Å². The van der Waals surface area contributed by atoms with Crippen molar-refractivity contribution < 1.29 is 14.4 Å². The fourth-order valence-electron chi connectivity index (χ4n) is 3.34. The SMILES string of the molecule is CCC(=O)N(c1nnc(S[C@H](C(=O)Nc2cccc(C(C)=O)c2)c2ccccc2)s1)C1CC1. The number of benzene rings is 2. The largest absolute Gasteiger partial charge is 0.325 e. The Labute approximate surface area is 200 Å². The van der Waals surface area contributed by atoms with Crippen LogP contribution in [-0.2, 0) is 9.59 Å². The number of amides is 2. The van der Waals surface area contributed by atoms with Crippen LogP contribution in [-0.4, -0.2) is 33.8 Å². The molecule has 0 saturated heterocycles. The monoisotopic (exact) mass is 480 g/mol. The van der Waals surface area contributed by atoms with Gasteiger partial charge in [-0.25, -0.2) is 0 Å². The summed E-state index contributed by atoms with van der Waals surface area (Å²) in [4.78, 5) is 39.1. The third-order valence-corrected chi connectivity index (χ3v) is 7.44. The highest BCUT2D eigenvalue weighted by molar-refractivity contribution is 8.02. The second-order valence-corrected chi connectivity index (χ2v) is 10.0. The summed E-state index contributed by atoms with van der Waals surface area (Å²) < 4.78 is 0.612. The summed E-state index contributed by atoms with van der Waals surface area (Å²) in [7, 11) is 0. The number of hydrogen-bond acceptors (Lipinski definition) is 7. The number of thioether (sulfide) groups is 1. The average Bonchev–Trinajstić information content (AvgIpc) is 3.55. The molecule has 1 fully saturated rings. The van der Waals surface area contributed by atoms with Crippen molar-refractivity contribution in [2.75, 3.05) is 10.2 Å². The van der Waals surface area contributed by atoms with E-state index in [9.17, 15) is 14.4 Å². The van der Waals surface area contributed by atoms with Gasteiger partial charge in [-0.15, -0.1) is 10.2 Å². The minimum atomic E-state index is -0.579. The lowest BCUT2D eigenvalue weighted by molar-refractivity contribution is -0.118. The Bertz CT molecular complexity index is 1160. The Kier molecular flexibility index (Phi) is 7.20. The number of aromatic nitrogens is 2. The van der Waals surface area contributed by atoms with Crippen molar-refractivity contribution in [3.05, 3.63) is 65.7 Å². The zero-order chi connectivity index (χ0) is 23.4. The molecule has 0 unspecified atom stereocenters. The van der Waals surface area contributed by atoms with Gasteiger partial charge in [-0.1, -0.05) is 72.5 Å². The van der Waals surface area contributed by atoms with Gasteiger partial charge in [-0.05, 0) is 37.5 Å². The normalized spacial score (nSPS) is 13.9. The number of ketones is 1. The minimum absolute atomic E-state index is 0.0351. The van der Waals surface area contributed by atoms with E-state index >= 15 is 0 Å². The molecule has 2 aromatic carbocycles. The number of anilines is 2. The van der Waals surface area contributed by atoms with E-state index in [0.29, 0.717) is 27.1 Å². The molecule has 1 aromatic heterocycles. The topological polar surface area (TPSA) is 92.3 Å². The quantitative estimate of drug-likeness (QED) is 0.260. The first-order chi connectivity index (χ1) is 16.0. The lowest BCUT2D eigenvalue weighted by atomic mass is 10.1. The second-order valence-electron chi connectivity index (χ2n) is 7.73. The van der Waals surface area contributed by atoms with E-state index in [2.05, 4.69) is 15.5 Å². The van der Waals surface area contributed by atoms with Crippen molar-refractivity contribution in [1.82, 2.24) is 10.2 Å². The van der Waals surface area contributed by atoms with Crippen LogP contribution in [0.25, 0.3) is 0 Å². The molecule has 170 valence electrons.